The standard InChI is InChI=1S/C11H22N2O2/c1-4-12-9-6-5-7-13(10(9)14)8-11(2,3)15/h9,12,15H,4-8H2,1-3H3. The van der Waals surface area contributed by atoms with Crippen LogP contribution in [0, 0.1) is 0 Å². The summed E-state index contributed by atoms with van der Waals surface area (Å²) < 4.78 is 0. The third-order valence-corrected chi connectivity index (χ3v) is 2.56. The van der Waals surface area contributed by atoms with E-state index < -0.39 is 5.60 Å². The number of β-amino-alcohol motifs (C(OH)–C–C–N with tert-alkyl or cyclic N) is 1. The molecule has 15 heavy (non-hydrogen) atoms. The molecule has 1 saturated heterocycles. The number of hydrogen-bond acceptors (Lipinski definition) is 3. The van der Waals surface area contributed by atoms with E-state index in [-0.39, 0.29) is 11.9 Å². The minimum Gasteiger partial charge on any atom is -0.389 e. The lowest BCUT2D eigenvalue weighted by Gasteiger charge is -2.35. The van der Waals surface area contributed by atoms with Crippen molar-refractivity contribution in [3.05, 3.63) is 0 Å². The first-order valence-electron chi connectivity index (χ1n) is 5.68. The highest BCUT2D eigenvalue weighted by Crippen LogP contribution is 2.15. The number of nitrogens with one attached hydrogen (secondary N) is 1. The molecule has 2 N–H and O–H groups in total. The Morgan fingerprint density at radius 1 is 1.60 bits per heavy atom. The topological polar surface area (TPSA) is 52.6 Å². The fourth-order valence-electron chi connectivity index (χ4n) is 2.00. The Hall–Kier alpha value is -0.610. The quantitative estimate of drug-likeness (QED) is 0.710. The molecule has 1 aliphatic rings. The maximum absolute atomic E-state index is 11.9. The van der Waals surface area contributed by atoms with Gasteiger partial charge in [-0.15, -0.1) is 0 Å². The molecule has 1 unspecified atom stereocenters. The Bertz CT molecular complexity index is 221. The van der Waals surface area contributed by atoms with Crippen LogP contribution in [0.25, 0.3) is 0 Å². The van der Waals surface area contributed by atoms with Crippen LogP contribution < -0.4 is 5.32 Å². The largest absolute Gasteiger partial charge is 0.389 e. The third kappa shape index (κ3) is 3.80. The molecule has 88 valence electrons. The first-order valence-corrected chi connectivity index (χ1v) is 5.68. The van der Waals surface area contributed by atoms with E-state index >= 15 is 0 Å². The zero-order chi connectivity index (χ0) is 11.5. The molecular weight excluding hydrogens is 192 g/mol. The van der Waals surface area contributed by atoms with Gasteiger partial charge in [-0.05, 0) is 33.2 Å². The van der Waals surface area contributed by atoms with Gasteiger partial charge in [0, 0.05) is 13.1 Å². The van der Waals surface area contributed by atoms with Crippen molar-refractivity contribution < 1.29 is 9.90 Å². The second-order valence-corrected chi connectivity index (χ2v) is 4.82. The number of carbonyl (C=O) groups is 1. The number of aliphatic hydroxyl groups is 1. The van der Waals surface area contributed by atoms with E-state index in [0.717, 1.165) is 25.9 Å². The van der Waals surface area contributed by atoms with E-state index in [1.165, 1.54) is 0 Å². The van der Waals surface area contributed by atoms with E-state index in [0.29, 0.717) is 6.54 Å². The van der Waals surface area contributed by atoms with Crippen LogP contribution in [0.3, 0.4) is 0 Å². The van der Waals surface area contributed by atoms with Crippen LogP contribution in [0.1, 0.15) is 33.6 Å². The van der Waals surface area contributed by atoms with Crippen molar-refractivity contribution in [1.29, 1.82) is 0 Å². The normalized spacial score (nSPS) is 23.3. The summed E-state index contributed by atoms with van der Waals surface area (Å²) >= 11 is 0. The van der Waals surface area contributed by atoms with Crippen molar-refractivity contribution in [3.63, 3.8) is 0 Å². The Kier molecular flexibility index (Phi) is 4.11. The number of hydrogen-bond donors (Lipinski definition) is 2. The molecule has 4 heteroatoms. The van der Waals surface area contributed by atoms with E-state index in [9.17, 15) is 9.90 Å². The van der Waals surface area contributed by atoms with Crippen molar-refractivity contribution in [1.82, 2.24) is 10.2 Å². The van der Waals surface area contributed by atoms with Crippen LogP contribution in [0.2, 0.25) is 0 Å². The second kappa shape index (κ2) is 4.94. The highest BCUT2D eigenvalue weighted by atomic mass is 16.3. The summed E-state index contributed by atoms with van der Waals surface area (Å²) in [5.41, 5.74) is -0.802. The van der Waals surface area contributed by atoms with E-state index in [4.69, 9.17) is 0 Å². The van der Waals surface area contributed by atoms with Crippen LogP contribution in [-0.2, 0) is 4.79 Å². The summed E-state index contributed by atoms with van der Waals surface area (Å²) in [5, 5.41) is 12.9. The minimum absolute atomic E-state index is 0.0499. The van der Waals surface area contributed by atoms with Gasteiger partial charge < -0.3 is 15.3 Å². The zero-order valence-electron chi connectivity index (χ0n) is 9.92. The van der Waals surface area contributed by atoms with Crippen LogP contribution in [0.5, 0.6) is 0 Å². The Labute approximate surface area is 91.6 Å². The molecule has 1 aliphatic heterocycles. The number of piperidine rings is 1. The van der Waals surface area contributed by atoms with Gasteiger partial charge in [0.05, 0.1) is 11.6 Å². The predicted octanol–water partition coefficient (Wildman–Crippen LogP) is 0.358. The molecule has 0 aromatic rings. The molecule has 1 rings (SSSR count). The molecule has 4 nitrogen and oxygen atoms in total. The van der Waals surface area contributed by atoms with Crippen molar-refractivity contribution in [2.75, 3.05) is 19.6 Å². The average Bonchev–Trinajstić information content (AvgIpc) is 2.10. The van der Waals surface area contributed by atoms with Gasteiger partial charge >= 0.3 is 0 Å². The smallest absolute Gasteiger partial charge is 0.239 e. The highest BCUT2D eigenvalue weighted by Gasteiger charge is 2.30. The summed E-state index contributed by atoms with van der Waals surface area (Å²) in [7, 11) is 0. The number of likely N-dealkylation sites (tertiary alicyclic amines) is 1. The number of carbonyl (C=O) groups excluding carboxylic acids is 1. The minimum atomic E-state index is -0.802. The lowest BCUT2D eigenvalue weighted by molar-refractivity contribution is -0.139. The molecule has 0 aromatic carbocycles. The molecule has 1 atom stereocenters. The van der Waals surface area contributed by atoms with Gasteiger partial charge in [-0.2, -0.15) is 0 Å². The number of nitrogens with zero attached hydrogens (tertiary/aromatic N) is 1. The van der Waals surface area contributed by atoms with Crippen molar-refractivity contribution in [2.24, 2.45) is 0 Å². The van der Waals surface area contributed by atoms with Gasteiger partial charge in [0.2, 0.25) is 5.91 Å². The number of likely N-dealkylation sites (N-methyl/N-ethyl adjacent to an activating group) is 1. The molecule has 0 aliphatic carbocycles. The molecule has 0 radical (unpaired) electrons. The summed E-state index contributed by atoms with van der Waals surface area (Å²) in [4.78, 5) is 13.7. The van der Waals surface area contributed by atoms with Crippen LogP contribution in [-0.4, -0.2) is 47.2 Å². The molecule has 0 bridgehead atoms. The van der Waals surface area contributed by atoms with Crippen LogP contribution in [0.4, 0.5) is 0 Å². The first-order chi connectivity index (χ1) is 6.94. The zero-order valence-corrected chi connectivity index (χ0v) is 9.92. The van der Waals surface area contributed by atoms with Gasteiger partial charge in [0.25, 0.3) is 0 Å². The number of amides is 1. The summed E-state index contributed by atoms with van der Waals surface area (Å²) in [5.74, 6) is 0.130. The monoisotopic (exact) mass is 214 g/mol. The number of rotatable bonds is 4. The van der Waals surface area contributed by atoms with Gasteiger partial charge in [0.15, 0.2) is 0 Å². The first kappa shape index (κ1) is 12.5. The SMILES string of the molecule is CCNC1CCCN(CC(C)(C)O)C1=O. The van der Waals surface area contributed by atoms with Gasteiger partial charge in [-0.3, -0.25) is 4.79 Å². The highest BCUT2D eigenvalue weighted by molar-refractivity contribution is 5.82. The van der Waals surface area contributed by atoms with Crippen molar-refractivity contribution in [2.45, 2.75) is 45.3 Å². The molecule has 0 spiro atoms. The van der Waals surface area contributed by atoms with E-state index in [1.54, 1.807) is 18.7 Å². The molecule has 1 heterocycles. The Balaban J connectivity index is 2.55. The van der Waals surface area contributed by atoms with Crippen molar-refractivity contribution in [3.8, 4) is 0 Å². The van der Waals surface area contributed by atoms with Crippen LogP contribution >= 0.6 is 0 Å². The summed E-state index contributed by atoms with van der Waals surface area (Å²) in [6.07, 6.45) is 1.93. The van der Waals surface area contributed by atoms with Crippen LogP contribution in [0.15, 0.2) is 0 Å². The second-order valence-electron chi connectivity index (χ2n) is 4.82. The van der Waals surface area contributed by atoms with Gasteiger partial charge in [0.1, 0.15) is 0 Å². The Morgan fingerprint density at radius 3 is 2.80 bits per heavy atom. The fourth-order valence-corrected chi connectivity index (χ4v) is 2.00. The fraction of sp³-hybridized carbons (Fsp3) is 0.909. The third-order valence-electron chi connectivity index (χ3n) is 2.56. The molecule has 1 amide bonds. The van der Waals surface area contributed by atoms with E-state index in [2.05, 4.69) is 5.32 Å². The molecule has 0 saturated carbocycles. The maximum Gasteiger partial charge on any atom is 0.239 e. The summed E-state index contributed by atoms with van der Waals surface area (Å²) in [6.45, 7) is 7.47. The maximum atomic E-state index is 11.9. The van der Waals surface area contributed by atoms with Crippen molar-refractivity contribution >= 4 is 5.91 Å². The van der Waals surface area contributed by atoms with Gasteiger partial charge in [-0.25, -0.2) is 0 Å². The predicted molar refractivity (Wildman–Crippen MR) is 59.6 cm³/mol. The molecule has 0 aromatic heterocycles. The Morgan fingerprint density at radius 2 is 2.27 bits per heavy atom. The molecule has 1 fully saturated rings. The lowest BCUT2D eigenvalue weighted by Crippen LogP contribution is -2.54. The lowest BCUT2D eigenvalue weighted by atomic mass is 10.0. The van der Waals surface area contributed by atoms with Gasteiger partial charge in [-0.1, -0.05) is 6.92 Å². The average molecular weight is 214 g/mol. The van der Waals surface area contributed by atoms with E-state index in [1.807, 2.05) is 6.92 Å². The molecular formula is C11H22N2O2. The summed E-state index contributed by atoms with van der Waals surface area (Å²) in [6, 6.07) is -0.0499.